The number of primary amides is 1. The number of hydrogen-bond donors (Lipinski definition) is 1. The second-order valence-electron chi connectivity index (χ2n) is 10.7. The summed E-state index contributed by atoms with van der Waals surface area (Å²) >= 11 is 0. The molecule has 4 aliphatic rings. The van der Waals surface area contributed by atoms with Crippen LogP contribution in [0.1, 0.15) is 84.8 Å². The Morgan fingerprint density at radius 2 is 1.56 bits per heavy atom. The Morgan fingerprint density at radius 1 is 0.875 bits per heavy atom. The largest absolute Gasteiger partial charge is 0.371 e. The number of nitrogens with zero attached hydrogens (tertiary/aromatic N) is 2. The highest BCUT2D eigenvalue weighted by molar-refractivity contribution is 5.98. The van der Waals surface area contributed by atoms with Gasteiger partial charge in [-0.1, -0.05) is 36.4 Å². The van der Waals surface area contributed by atoms with Gasteiger partial charge in [-0.15, -0.1) is 0 Å². The number of amides is 1. The van der Waals surface area contributed by atoms with Gasteiger partial charge in [0.25, 0.3) is 5.91 Å². The van der Waals surface area contributed by atoms with Crippen molar-refractivity contribution in [3.63, 3.8) is 0 Å². The Labute approximate surface area is 191 Å². The molecule has 2 saturated carbocycles. The molecule has 2 aliphatic carbocycles. The zero-order chi connectivity index (χ0) is 21.7. The van der Waals surface area contributed by atoms with Gasteiger partial charge in [-0.2, -0.15) is 0 Å². The van der Waals surface area contributed by atoms with E-state index in [2.05, 4.69) is 34.1 Å². The zero-order valence-electron chi connectivity index (χ0n) is 19.0. The van der Waals surface area contributed by atoms with E-state index in [0.717, 1.165) is 30.7 Å². The van der Waals surface area contributed by atoms with Crippen molar-refractivity contribution in [2.75, 3.05) is 24.5 Å². The molecule has 1 atom stereocenters. The summed E-state index contributed by atoms with van der Waals surface area (Å²) in [7, 11) is 0. The summed E-state index contributed by atoms with van der Waals surface area (Å²) in [6, 6.07) is 18.5. The van der Waals surface area contributed by atoms with Crippen molar-refractivity contribution in [1.29, 1.82) is 0 Å². The number of anilines is 1. The number of nitrogens with two attached hydrogens (primary N) is 1. The van der Waals surface area contributed by atoms with Crippen LogP contribution >= 0.6 is 0 Å². The van der Waals surface area contributed by atoms with E-state index in [1.807, 2.05) is 24.3 Å². The lowest BCUT2D eigenvalue weighted by Crippen LogP contribution is -2.55. The highest BCUT2D eigenvalue weighted by Gasteiger charge is 2.50. The molecule has 4 fully saturated rings. The molecule has 2 aliphatic heterocycles. The first-order valence-electron chi connectivity index (χ1n) is 12.6. The van der Waals surface area contributed by atoms with Crippen molar-refractivity contribution < 1.29 is 4.79 Å². The molecule has 4 nitrogen and oxygen atoms in total. The minimum Gasteiger partial charge on any atom is -0.371 e. The zero-order valence-corrected chi connectivity index (χ0v) is 19.0. The molecule has 2 heterocycles. The van der Waals surface area contributed by atoms with Crippen molar-refractivity contribution in [3.8, 4) is 0 Å². The van der Waals surface area contributed by atoms with E-state index in [4.69, 9.17) is 5.73 Å². The van der Waals surface area contributed by atoms with Crippen LogP contribution in [0, 0.1) is 5.41 Å². The Balaban J connectivity index is 1.11. The van der Waals surface area contributed by atoms with Gasteiger partial charge in [0, 0.05) is 30.9 Å². The maximum atomic E-state index is 11.9. The van der Waals surface area contributed by atoms with Crippen molar-refractivity contribution >= 4 is 11.6 Å². The molecule has 1 amide bonds. The third-order valence-electron chi connectivity index (χ3n) is 8.81. The minimum absolute atomic E-state index is 0.323. The van der Waals surface area contributed by atoms with Crippen LogP contribution in [0.5, 0.6) is 0 Å². The fraction of sp³-hybridized carbons (Fsp3) is 0.536. The molecular formula is C28H35N3O. The maximum Gasteiger partial charge on any atom is 0.250 e. The minimum atomic E-state index is -0.323. The monoisotopic (exact) mass is 429 g/mol. The van der Waals surface area contributed by atoms with Gasteiger partial charge < -0.3 is 10.6 Å². The molecule has 0 aromatic heterocycles. The van der Waals surface area contributed by atoms with E-state index in [0.29, 0.717) is 17.0 Å². The van der Waals surface area contributed by atoms with E-state index in [9.17, 15) is 4.79 Å². The second-order valence-corrected chi connectivity index (χ2v) is 10.7. The molecule has 32 heavy (non-hydrogen) atoms. The quantitative estimate of drug-likeness (QED) is 0.706. The van der Waals surface area contributed by atoms with Gasteiger partial charge in [0.05, 0.1) is 5.56 Å². The summed E-state index contributed by atoms with van der Waals surface area (Å²) < 4.78 is 0. The summed E-state index contributed by atoms with van der Waals surface area (Å²) in [5.41, 5.74) is 11.1. The number of piperidine rings is 1. The van der Waals surface area contributed by atoms with Gasteiger partial charge >= 0.3 is 0 Å². The van der Waals surface area contributed by atoms with E-state index in [1.54, 1.807) is 11.1 Å². The summed E-state index contributed by atoms with van der Waals surface area (Å²) in [6.07, 6.45) is 10.6. The number of para-hydroxylation sites is 1. The highest BCUT2D eigenvalue weighted by atomic mass is 16.1. The number of benzene rings is 2. The number of rotatable bonds is 5. The molecule has 4 heteroatoms. The molecule has 2 saturated heterocycles. The van der Waals surface area contributed by atoms with Crippen molar-refractivity contribution in [3.05, 3.63) is 65.2 Å². The van der Waals surface area contributed by atoms with Gasteiger partial charge in [-0.3, -0.25) is 9.69 Å². The van der Waals surface area contributed by atoms with Crippen molar-refractivity contribution in [2.24, 2.45) is 11.1 Å². The average molecular weight is 430 g/mol. The van der Waals surface area contributed by atoms with Gasteiger partial charge in [0.1, 0.15) is 0 Å². The first kappa shape index (κ1) is 20.3. The van der Waals surface area contributed by atoms with Crippen LogP contribution in [0.3, 0.4) is 0 Å². The second kappa shape index (κ2) is 7.91. The predicted octanol–water partition coefficient (Wildman–Crippen LogP) is 5.25. The molecule has 0 unspecified atom stereocenters. The molecule has 2 aromatic carbocycles. The van der Waals surface area contributed by atoms with Crippen LogP contribution in [-0.2, 0) is 0 Å². The van der Waals surface area contributed by atoms with Crippen molar-refractivity contribution in [2.45, 2.75) is 69.4 Å². The molecule has 168 valence electrons. The molecule has 2 aromatic rings. The summed E-state index contributed by atoms with van der Waals surface area (Å²) in [5, 5.41) is 0. The van der Waals surface area contributed by atoms with Crippen LogP contribution in [0.25, 0.3) is 0 Å². The average Bonchev–Trinajstić information content (AvgIpc) is 3.54. The van der Waals surface area contributed by atoms with E-state index in [-0.39, 0.29) is 5.91 Å². The Hall–Kier alpha value is -2.33. The third-order valence-corrected chi connectivity index (χ3v) is 8.81. The fourth-order valence-electron chi connectivity index (χ4n) is 6.90. The lowest BCUT2D eigenvalue weighted by Gasteiger charge is -2.56. The number of likely N-dealkylation sites (tertiary alicyclic amines) is 1. The number of carbonyl (C=O) groups excluding carboxylic acids is 1. The van der Waals surface area contributed by atoms with Gasteiger partial charge in [0.2, 0.25) is 0 Å². The van der Waals surface area contributed by atoms with Crippen LogP contribution in [0.2, 0.25) is 0 Å². The Bertz CT molecular complexity index is 997. The number of hydrogen-bond acceptors (Lipinski definition) is 3. The topological polar surface area (TPSA) is 49.6 Å². The highest BCUT2D eigenvalue weighted by Crippen LogP contribution is 2.55. The summed E-state index contributed by atoms with van der Waals surface area (Å²) in [5.74, 6) is 0.505. The predicted molar refractivity (Wildman–Crippen MR) is 129 cm³/mol. The van der Waals surface area contributed by atoms with E-state index < -0.39 is 0 Å². The summed E-state index contributed by atoms with van der Waals surface area (Å²) in [4.78, 5) is 17.1. The van der Waals surface area contributed by atoms with Gasteiger partial charge in [-0.05, 0) is 92.5 Å². The molecule has 1 spiro atoms. The molecule has 2 N–H and O–H groups in total. The smallest absolute Gasteiger partial charge is 0.250 e. The van der Waals surface area contributed by atoms with Crippen LogP contribution in [-0.4, -0.2) is 36.5 Å². The lowest BCUT2D eigenvalue weighted by atomic mass is 9.59. The van der Waals surface area contributed by atoms with E-state index in [1.165, 1.54) is 57.9 Å². The molecule has 0 radical (unpaired) electrons. The normalized spacial score (nSPS) is 25.8. The lowest BCUT2D eigenvalue weighted by molar-refractivity contribution is -0.0227. The Morgan fingerprint density at radius 3 is 2.28 bits per heavy atom. The number of carbonyl (C=O) groups is 1. The third kappa shape index (κ3) is 3.53. The maximum absolute atomic E-state index is 11.9. The molecular weight excluding hydrogens is 394 g/mol. The Kier molecular flexibility index (Phi) is 5.02. The standard InChI is InChI=1S/C28H35N3O/c29-27(32)24-8-3-4-9-25(24)30-16-13-28(14-17-30)18-21(19-28)31-15-5-10-26(31)23-7-2-1-6-22(23)20-11-12-20/h1-4,6-9,20-21,26H,5,10-19H2,(H2,29,32)/t26-/m0/s1. The van der Waals surface area contributed by atoms with Crippen molar-refractivity contribution in [1.82, 2.24) is 4.90 Å². The molecule has 6 rings (SSSR count). The fourth-order valence-corrected chi connectivity index (χ4v) is 6.90. The SMILES string of the molecule is NC(=O)c1ccccc1N1CCC2(CC1)CC(N1CCC[C@H]1c1ccccc1C1CC1)C2. The van der Waals surface area contributed by atoms with E-state index >= 15 is 0 Å². The summed E-state index contributed by atoms with van der Waals surface area (Å²) in [6.45, 7) is 3.33. The van der Waals surface area contributed by atoms with Crippen LogP contribution < -0.4 is 10.6 Å². The molecule has 0 bridgehead atoms. The first-order valence-corrected chi connectivity index (χ1v) is 12.6. The van der Waals surface area contributed by atoms with Gasteiger partial charge in [-0.25, -0.2) is 0 Å². The van der Waals surface area contributed by atoms with Crippen LogP contribution in [0.4, 0.5) is 5.69 Å². The van der Waals surface area contributed by atoms with Gasteiger partial charge in [0.15, 0.2) is 0 Å². The first-order chi connectivity index (χ1) is 15.6. The van der Waals surface area contributed by atoms with Crippen LogP contribution in [0.15, 0.2) is 48.5 Å².